The number of hydrogen-bond acceptors (Lipinski definition) is 3. The molecule has 1 atom stereocenters. The van der Waals surface area contributed by atoms with Gasteiger partial charge in [0.05, 0.1) is 0 Å². The van der Waals surface area contributed by atoms with Gasteiger partial charge in [-0.15, -0.1) is 0 Å². The third-order valence-corrected chi connectivity index (χ3v) is 2.20. The molecule has 1 unspecified atom stereocenters. The van der Waals surface area contributed by atoms with Crippen LogP contribution in [0.1, 0.15) is 39.0 Å². The lowest BCUT2D eigenvalue weighted by atomic mass is 9.98. The summed E-state index contributed by atoms with van der Waals surface area (Å²) in [7, 11) is 0. The van der Waals surface area contributed by atoms with Crippen molar-refractivity contribution in [1.29, 1.82) is 0 Å². The van der Waals surface area contributed by atoms with Crippen LogP contribution in [0.25, 0.3) is 0 Å². The molecule has 0 saturated carbocycles. The van der Waals surface area contributed by atoms with E-state index >= 15 is 0 Å². The molecule has 2 N–H and O–H groups in total. The Morgan fingerprint density at radius 1 is 1.46 bits per heavy atom. The van der Waals surface area contributed by atoms with Crippen molar-refractivity contribution in [2.75, 3.05) is 0 Å². The van der Waals surface area contributed by atoms with E-state index in [1.165, 1.54) is 6.92 Å². The highest BCUT2D eigenvalue weighted by atomic mass is 16.6. The highest BCUT2D eigenvalue weighted by molar-refractivity contribution is 5.66. The van der Waals surface area contributed by atoms with Gasteiger partial charge >= 0.3 is 5.97 Å². The summed E-state index contributed by atoms with van der Waals surface area (Å²) in [5, 5.41) is 0. The van der Waals surface area contributed by atoms with E-state index in [1.807, 2.05) is 6.08 Å². The minimum atomic E-state index is -0.761. The molecule has 0 saturated heterocycles. The predicted octanol–water partition coefficient (Wildman–Crippen LogP) is 1.72. The second-order valence-corrected chi connectivity index (χ2v) is 3.58. The van der Waals surface area contributed by atoms with Crippen LogP contribution in [-0.4, -0.2) is 11.7 Å². The Kier molecular flexibility index (Phi) is 3.48. The van der Waals surface area contributed by atoms with Gasteiger partial charge in [-0.2, -0.15) is 0 Å². The normalized spacial score (nSPS) is 31.5. The van der Waals surface area contributed by atoms with E-state index in [-0.39, 0.29) is 5.97 Å². The fourth-order valence-corrected chi connectivity index (χ4v) is 1.57. The largest absolute Gasteiger partial charge is 0.444 e. The molecule has 0 aromatic carbocycles. The number of carbonyl (C=O) groups is 1. The Balaban J connectivity index is 2.57. The van der Waals surface area contributed by atoms with Gasteiger partial charge < -0.3 is 4.74 Å². The summed E-state index contributed by atoms with van der Waals surface area (Å²) in [6.45, 7) is 1.40. The number of hydrogen-bond donors (Lipinski definition) is 1. The predicted molar refractivity (Wildman–Crippen MR) is 50.9 cm³/mol. The van der Waals surface area contributed by atoms with Crippen molar-refractivity contribution in [1.82, 2.24) is 0 Å². The molecule has 0 radical (unpaired) electrons. The highest BCUT2D eigenvalue weighted by Gasteiger charge is 2.26. The van der Waals surface area contributed by atoms with Gasteiger partial charge in [0.15, 0.2) is 5.72 Å². The van der Waals surface area contributed by atoms with Crippen LogP contribution in [0.5, 0.6) is 0 Å². The standard InChI is InChI=1S/C10H17NO2/c1-9(12)13-10(11)7-5-3-2-4-6-8-10/h3,5H,2,4,6-8,11H2,1H3/b5-3+. The van der Waals surface area contributed by atoms with Gasteiger partial charge in [0.1, 0.15) is 0 Å². The molecule has 0 aromatic rings. The van der Waals surface area contributed by atoms with Gasteiger partial charge in [-0.25, -0.2) is 0 Å². The first-order valence-corrected chi connectivity index (χ1v) is 4.76. The van der Waals surface area contributed by atoms with Crippen molar-refractivity contribution in [2.45, 2.75) is 44.8 Å². The topological polar surface area (TPSA) is 52.3 Å². The smallest absolute Gasteiger partial charge is 0.304 e. The molecule has 0 fully saturated rings. The molecule has 3 nitrogen and oxygen atoms in total. The maximum Gasteiger partial charge on any atom is 0.304 e. The van der Waals surface area contributed by atoms with Crippen LogP contribution in [-0.2, 0) is 9.53 Å². The fraction of sp³-hybridized carbons (Fsp3) is 0.700. The van der Waals surface area contributed by atoms with E-state index in [2.05, 4.69) is 6.08 Å². The Morgan fingerprint density at radius 3 is 2.92 bits per heavy atom. The maximum absolute atomic E-state index is 10.8. The molecule has 0 aromatic heterocycles. The summed E-state index contributed by atoms with van der Waals surface area (Å²) in [6.07, 6.45) is 8.75. The van der Waals surface area contributed by atoms with Crippen LogP contribution < -0.4 is 5.73 Å². The molecule has 3 heteroatoms. The molecule has 0 amide bonds. The van der Waals surface area contributed by atoms with Gasteiger partial charge in [-0.3, -0.25) is 10.5 Å². The summed E-state index contributed by atoms with van der Waals surface area (Å²) < 4.78 is 5.10. The second-order valence-electron chi connectivity index (χ2n) is 3.58. The fourth-order valence-electron chi connectivity index (χ4n) is 1.57. The molecule has 1 aliphatic carbocycles. The number of ether oxygens (including phenoxy) is 1. The highest BCUT2D eigenvalue weighted by Crippen LogP contribution is 2.21. The van der Waals surface area contributed by atoms with E-state index in [1.54, 1.807) is 0 Å². The van der Waals surface area contributed by atoms with Crippen molar-refractivity contribution >= 4 is 5.97 Å². The van der Waals surface area contributed by atoms with Crippen molar-refractivity contribution in [3.63, 3.8) is 0 Å². The molecule has 1 rings (SSSR count). The van der Waals surface area contributed by atoms with Gasteiger partial charge in [-0.05, 0) is 19.3 Å². The van der Waals surface area contributed by atoms with E-state index in [4.69, 9.17) is 10.5 Å². The molecule has 0 spiro atoms. The van der Waals surface area contributed by atoms with E-state index in [9.17, 15) is 4.79 Å². The Labute approximate surface area is 78.9 Å². The van der Waals surface area contributed by atoms with Crippen LogP contribution in [0.4, 0.5) is 0 Å². The third kappa shape index (κ3) is 3.59. The number of nitrogens with two attached hydrogens (primary N) is 1. The third-order valence-electron chi connectivity index (χ3n) is 2.20. The molecule has 1 aliphatic rings. The Bertz CT molecular complexity index is 213. The first-order valence-electron chi connectivity index (χ1n) is 4.76. The minimum Gasteiger partial charge on any atom is -0.444 e. The van der Waals surface area contributed by atoms with Crippen LogP contribution in [0, 0.1) is 0 Å². The van der Waals surface area contributed by atoms with E-state index in [0.717, 1.165) is 25.7 Å². The molecular weight excluding hydrogens is 166 g/mol. The zero-order chi connectivity index (χ0) is 9.73. The van der Waals surface area contributed by atoms with Crippen molar-refractivity contribution in [3.05, 3.63) is 12.2 Å². The summed E-state index contributed by atoms with van der Waals surface area (Å²) >= 11 is 0. The molecule has 13 heavy (non-hydrogen) atoms. The van der Waals surface area contributed by atoms with Crippen LogP contribution in [0.3, 0.4) is 0 Å². The zero-order valence-electron chi connectivity index (χ0n) is 8.08. The first-order chi connectivity index (χ1) is 6.12. The van der Waals surface area contributed by atoms with Crippen LogP contribution in [0.2, 0.25) is 0 Å². The zero-order valence-corrected chi connectivity index (χ0v) is 8.08. The van der Waals surface area contributed by atoms with E-state index in [0.29, 0.717) is 6.42 Å². The maximum atomic E-state index is 10.8. The van der Waals surface area contributed by atoms with Gasteiger partial charge in [0, 0.05) is 19.8 Å². The van der Waals surface area contributed by atoms with E-state index < -0.39 is 5.72 Å². The Hall–Kier alpha value is -0.830. The lowest BCUT2D eigenvalue weighted by Crippen LogP contribution is -2.43. The number of carbonyl (C=O) groups excluding carboxylic acids is 1. The SMILES string of the molecule is CC(=O)OC1(N)C/C=C/CCCC1. The molecule has 0 bridgehead atoms. The quantitative estimate of drug-likeness (QED) is 0.382. The lowest BCUT2D eigenvalue weighted by Gasteiger charge is -2.28. The minimum absolute atomic E-state index is 0.295. The average molecular weight is 183 g/mol. The number of allylic oxidation sites excluding steroid dienone is 1. The molecular formula is C10H17NO2. The summed E-state index contributed by atoms with van der Waals surface area (Å²) in [4.78, 5) is 10.8. The monoisotopic (exact) mass is 183 g/mol. The number of esters is 1. The van der Waals surface area contributed by atoms with Crippen LogP contribution >= 0.6 is 0 Å². The van der Waals surface area contributed by atoms with Crippen molar-refractivity contribution in [2.24, 2.45) is 5.73 Å². The van der Waals surface area contributed by atoms with Gasteiger partial charge in [0.25, 0.3) is 0 Å². The first kappa shape index (κ1) is 10.3. The van der Waals surface area contributed by atoms with Crippen molar-refractivity contribution < 1.29 is 9.53 Å². The van der Waals surface area contributed by atoms with Crippen molar-refractivity contribution in [3.8, 4) is 0 Å². The van der Waals surface area contributed by atoms with Gasteiger partial charge in [-0.1, -0.05) is 12.2 Å². The summed E-state index contributed by atoms with van der Waals surface area (Å²) in [5.41, 5.74) is 5.17. The summed E-state index contributed by atoms with van der Waals surface area (Å²) in [5.74, 6) is -0.295. The van der Waals surface area contributed by atoms with Crippen LogP contribution in [0.15, 0.2) is 12.2 Å². The molecule has 74 valence electrons. The molecule has 0 aliphatic heterocycles. The number of rotatable bonds is 1. The second kappa shape index (κ2) is 4.42. The average Bonchev–Trinajstić information content (AvgIpc) is 1.97. The summed E-state index contributed by atoms with van der Waals surface area (Å²) in [6, 6.07) is 0. The lowest BCUT2D eigenvalue weighted by molar-refractivity contribution is -0.157. The van der Waals surface area contributed by atoms with Gasteiger partial charge in [0.2, 0.25) is 0 Å². The Morgan fingerprint density at radius 2 is 2.23 bits per heavy atom. The molecule has 0 heterocycles.